The molecule has 0 radical (unpaired) electrons. The van der Waals surface area contributed by atoms with Crippen molar-refractivity contribution >= 4 is 11.0 Å². The lowest BCUT2D eigenvalue weighted by atomic mass is 10.1. The first-order valence-electron chi connectivity index (χ1n) is 5.18. The van der Waals surface area contributed by atoms with Crippen molar-refractivity contribution in [3.05, 3.63) is 30.1 Å². The van der Waals surface area contributed by atoms with Gasteiger partial charge in [0, 0.05) is 24.3 Å². The molecular weight excluding hydrogens is 190 g/mol. The highest BCUT2D eigenvalue weighted by Gasteiger charge is 2.18. The van der Waals surface area contributed by atoms with Crippen molar-refractivity contribution in [1.29, 1.82) is 0 Å². The van der Waals surface area contributed by atoms with Gasteiger partial charge in [0.15, 0.2) is 0 Å². The van der Waals surface area contributed by atoms with Crippen molar-refractivity contribution in [3.8, 4) is 0 Å². The Balaban J connectivity index is 2.02. The van der Waals surface area contributed by atoms with Crippen molar-refractivity contribution in [2.45, 2.75) is 6.04 Å². The number of H-pyrrole nitrogens is 1. The molecule has 3 heterocycles. The summed E-state index contributed by atoms with van der Waals surface area (Å²) in [5.74, 6) is 0. The highest BCUT2D eigenvalue weighted by Crippen LogP contribution is 2.23. The summed E-state index contributed by atoms with van der Waals surface area (Å²) >= 11 is 0. The largest absolute Gasteiger partial charge is 0.378 e. The van der Waals surface area contributed by atoms with Crippen LogP contribution in [0.5, 0.6) is 0 Å². The van der Waals surface area contributed by atoms with E-state index in [1.165, 1.54) is 10.9 Å². The number of fused-ring (bicyclic) bond motifs is 1. The minimum absolute atomic E-state index is 0.289. The van der Waals surface area contributed by atoms with Crippen LogP contribution in [0.1, 0.15) is 11.6 Å². The lowest BCUT2D eigenvalue weighted by Gasteiger charge is -2.23. The summed E-state index contributed by atoms with van der Waals surface area (Å²) in [4.78, 5) is 7.45. The van der Waals surface area contributed by atoms with Crippen molar-refractivity contribution in [2.75, 3.05) is 19.8 Å². The van der Waals surface area contributed by atoms with Crippen LogP contribution in [-0.2, 0) is 4.74 Å². The fourth-order valence-electron chi connectivity index (χ4n) is 2.03. The highest BCUT2D eigenvalue weighted by atomic mass is 16.5. The molecule has 0 spiro atoms. The van der Waals surface area contributed by atoms with Crippen LogP contribution in [0.4, 0.5) is 0 Å². The van der Waals surface area contributed by atoms with Gasteiger partial charge in [-0.15, -0.1) is 0 Å². The zero-order chi connectivity index (χ0) is 10.1. The molecule has 1 unspecified atom stereocenters. The summed E-state index contributed by atoms with van der Waals surface area (Å²) < 4.78 is 5.46. The topological polar surface area (TPSA) is 49.9 Å². The van der Waals surface area contributed by atoms with Crippen LogP contribution in [0.25, 0.3) is 11.0 Å². The number of aromatic nitrogens is 2. The Morgan fingerprint density at radius 1 is 1.47 bits per heavy atom. The van der Waals surface area contributed by atoms with Gasteiger partial charge in [-0.1, -0.05) is 0 Å². The average Bonchev–Trinajstić information content (AvgIpc) is 2.74. The Morgan fingerprint density at radius 3 is 3.33 bits per heavy atom. The highest BCUT2D eigenvalue weighted by molar-refractivity contribution is 5.80. The number of nitrogens with zero attached hydrogens (tertiary/aromatic N) is 1. The van der Waals surface area contributed by atoms with Gasteiger partial charge in [-0.05, 0) is 17.7 Å². The lowest BCUT2D eigenvalue weighted by Crippen LogP contribution is -2.34. The zero-order valence-corrected chi connectivity index (χ0v) is 8.36. The molecule has 4 heteroatoms. The van der Waals surface area contributed by atoms with Crippen molar-refractivity contribution < 1.29 is 4.74 Å². The third kappa shape index (κ3) is 1.52. The van der Waals surface area contributed by atoms with Crippen LogP contribution >= 0.6 is 0 Å². The smallest absolute Gasteiger partial charge is 0.137 e. The number of pyridine rings is 1. The Morgan fingerprint density at radius 2 is 2.47 bits per heavy atom. The van der Waals surface area contributed by atoms with Crippen molar-refractivity contribution in [2.24, 2.45) is 0 Å². The summed E-state index contributed by atoms with van der Waals surface area (Å²) in [5.41, 5.74) is 2.19. The number of hydrogen-bond donors (Lipinski definition) is 2. The predicted molar refractivity (Wildman–Crippen MR) is 57.7 cm³/mol. The third-order valence-electron chi connectivity index (χ3n) is 2.78. The summed E-state index contributed by atoms with van der Waals surface area (Å²) in [6.45, 7) is 2.45. The van der Waals surface area contributed by atoms with Crippen molar-refractivity contribution in [1.82, 2.24) is 15.3 Å². The SMILES string of the molecule is c1cnc2[nH]cc(C3COCCN3)c2c1. The third-order valence-corrected chi connectivity index (χ3v) is 2.78. The average molecular weight is 203 g/mol. The zero-order valence-electron chi connectivity index (χ0n) is 8.36. The predicted octanol–water partition coefficient (Wildman–Crippen LogP) is 1.22. The van der Waals surface area contributed by atoms with Crippen molar-refractivity contribution in [3.63, 3.8) is 0 Å². The molecule has 1 aliphatic rings. The summed E-state index contributed by atoms with van der Waals surface area (Å²) in [6, 6.07) is 4.34. The Hall–Kier alpha value is -1.39. The van der Waals surface area contributed by atoms with Crippen LogP contribution in [0.3, 0.4) is 0 Å². The van der Waals surface area contributed by atoms with E-state index in [0.29, 0.717) is 0 Å². The van der Waals surface area contributed by atoms with Gasteiger partial charge in [-0.2, -0.15) is 0 Å². The molecule has 2 aromatic rings. The summed E-state index contributed by atoms with van der Waals surface area (Å²) in [5, 5.41) is 4.62. The van der Waals surface area contributed by atoms with E-state index < -0.39 is 0 Å². The maximum Gasteiger partial charge on any atom is 0.137 e. The van der Waals surface area contributed by atoms with E-state index in [-0.39, 0.29) is 6.04 Å². The molecule has 3 rings (SSSR count). The first-order valence-corrected chi connectivity index (χ1v) is 5.18. The molecule has 0 aromatic carbocycles. The molecule has 0 bridgehead atoms. The maximum absolute atomic E-state index is 5.46. The van der Waals surface area contributed by atoms with Gasteiger partial charge in [0.2, 0.25) is 0 Å². The van der Waals surface area contributed by atoms with E-state index in [2.05, 4.69) is 21.4 Å². The van der Waals surface area contributed by atoms with Gasteiger partial charge in [-0.3, -0.25) is 0 Å². The minimum Gasteiger partial charge on any atom is -0.378 e. The number of hydrogen-bond acceptors (Lipinski definition) is 3. The van der Waals surface area contributed by atoms with Crippen LogP contribution in [0.15, 0.2) is 24.5 Å². The Kier molecular flexibility index (Phi) is 2.16. The minimum atomic E-state index is 0.289. The number of nitrogens with one attached hydrogen (secondary N) is 2. The Labute approximate surface area is 87.7 Å². The van der Waals surface area contributed by atoms with E-state index in [9.17, 15) is 0 Å². The van der Waals surface area contributed by atoms with Crippen LogP contribution in [-0.4, -0.2) is 29.7 Å². The standard InChI is InChI=1S/C11H13N3O/c1-2-8-9(6-14-11(8)13-3-1)10-7-15-5-4-12-10/h1-3,6,10,12H,4-5,7H2,(H,13,14). The van der Waals surface area contributed by atoms with Gasteiger partial charge in [0.25, 0.3) is 0 Å². The van der Waals surface area contributed by atoms with Crippen LogP contribution in [0, 0.1) is 0 Å². The fourth-order valence-corrected chi connectivity index (χ4v) is 2.03. The number of morpholine rings is 1. The molecule has 0 aliphatic carbocycles. The van der Waals surface area contributed by atoms with Gasteiger partial charge in [-0.25, -0.2) is 4.98 Å². The molecule has 78 valence electrons. The van der Waals surface area contributed by atoms with Crippen LogP contribution < -0.4 is 5.32 Å². The molecule has 1 saturated heterocycles. The summed E-state index contributed by atoms with van der Waals surface area (Å²) in [7, 11) is 0. The van der Waals surface area contributed by atoms with Crippen LogP contribution in [0.2, 0.25) is 0 Å². The van der Waals surface area contributed by atoms with Gasteiger partial charge < -0.3 is 15.0 Å². The first kappa shape index (κ1) is 8.88. The molecular formula is C11H13N3O. The number of aromatic amines is 1. The van der Waals surface area contributed by atoms with Gasteiger partial charge >= 0.3 is 0 Å². The fraction of sp³-hybridized carbons (Fsp3) is 0.364. The number of ether oxygens (including phenoxy) is 1. The molecule has 0 amide bonds. The quantitative estimate of drug-likeness (QED) is 0.732. The lowest BCUT2D eigenvalue weighted by molar-refractivity contribution is 0.0773. The second-order valence-corrected chi connectivity index (χ2v) is 3.73. The molecule has 1 aliphatic heterocycles. The molecule has 1 atom stereocenters. The molecule has 15 heavy (non-hydrogen) atoms. The van der Waals surface area contributed by atoms with E-state index in [0.717, 1.165) is 25.4 Å². The Bertz CT molecular complexity index is 460. The van der Waals surface area contributed by atoms with E-state index in [1.54, 1.807) is 6.20 Å². The van der Waals surface area contributed by atoms with Gasteiger partial charge in [0.05, 0.1) is 19.3 Å². The molecule has 4 nitrogen and oxygen atoms in total. The molecule has 2 N–H and O–H groups in total. The van der Waals surface area contributed by atoms with Gasteiger partial charge in [0.1, 0.15) is 5.65 Å². The second-order valence-electron chi connectivity index (χ2n) is 3.73. The number of rotatable bonds is 1. The molecule has 0 saturated carbocycles. The van der Waals surface area contributed by atoms with E-state index >= 15 is 0 Å². The first-order chi connectivity index (χ1) is 7.45. The molecule has 2 aromatic heterocycles. The second kappa shape index (κ2) is 3.64. The van der Waals surface area contributed by atoms with E-state index in [1.807, 2.05) is 12.3 Å². The van der Waals surface area contributed by atoms with E-state index in [4.69, 9.17) is 4.74 Å². The molecule has 1 fully saturated rings. The normalized spacial score (nSPS) is 22.0. The maximum atomic E-state index is 5.46. The summed E-state index contributed by atoms with van der Waals surface area (Å²) in [6.07, 6.45) is 3.82. The monoisotopic (exact) mass is 203 g/mol.